The molecule has 2 saturated heterocycles. The molecule has 0 aliphatic carbocycles. The quantitative estimate of drug-likeness (QED) is 0.660. The van der Waals surface area contributed by atoms with Gasteiger partial charge in [-0.25, -0.2) is 0 Å². The molecule has 2 unspecified atom stereocenters. The molecule has 2 fully saturated rings. The predicted molar refractivity (Wildman–Crippen MR) is 71.4 cm³/mol. The van der Waals surface area contributed by atoms with E-state index >= 15 is 0 Å². The van der Waals surface area contributed by atoms with Crippen LogP contribution in [-0.4, -0.2) is 61.3 Å². The molecule has 2 heterocycles. The van der Waals surface area contributed by atoms with Crippen LogP contribution in [0.3, 0.4) is 0 Å². The molecular weight excluding hydrogens is 212 g/mol. The first kappa shape index (κ1) is 13.3. The Hall–Kier alpha value is -0.120. The van der Waals surface area contributed by atoms with Gasteiger partial charge < -0.3 is 4.74 Å². The highest BCUT2D eigenvalue weighted by molar-refractivity contribution is 4.91. The molecule has 0 N–H and O–H groups in total. The second-order valence-corrected chi connectivity index (χ2v) is 5.40. The second-order valence-electron chi connectivity index (χ2n) is 5.40. The minimum atomic E-state index is 0.783. The first-order valence-corrected chi connectivity index (χ1v) is 7.41. The second kappa shape index (κ2) is 6.72. The maximum absolute atomic E-state index is 5.44. The lowest BCUT2D eigenvalue weighted by Gasteiger charge is -2.43. The van der Waals surface area contributed by atoms with Gasteiger partial charge in [-0.05, 0) is 39.2 Å². The van der Waals surface area contributed by atoms with Crippen molar-refractivity contribution >= 4 is 0 Å². The number of fused-ring (bicyclic) bond motifs is 1. The normalized spacial score (nSPS) is 30.7. The van der Waals surface area contributed by atoms with Crippen LogP contribution in [0.1, 0.15) is 39.5 Å². The number of ether oxygens (including phenoxy) is 1. The van der Waals surface area contributed by atoms with Gasteiger partial charge in [0.25, 0.3) is 0 Å². The van der Waals surface area contributed by atoms with Crippen molar-refractivity contribution in [1.82, 2.24) is 9.80 Å². The summed E-state index contributed by atoms with van der Waals surface area (Å²) in [4.78, 5) is 5.43. The summed E-state index contributed by atoms with van der Waals surface area (Å²) in [6.45, 7) is 11.4. The first-order valence-electron chi connectivity index (χ1n) is 7.41. The maximum atomic E-state index is 5.44. The summed E-state index contributed by atoms with van der Waals surface area (Å²) < 4.78 is 5.44. The third-order valence-corrected chi connectivity index (χ3v) is 4.32. The topological polar surface area (TPSA) is 15.7 Å². The number of rotatable bonds is 6. The highest BCUT2D eigenvalue weighted by Crippen LogP contribution is 2.25. The van der Waals surface area contributed by atoms with Crippen molar-refractivity contribution in [1.29, 1.82) is 0 Å². The van der Waals surface area contributed by atoms with E-state index in [-0.39, 0.29) is 0 Å². The van der Waals surface area contributed by atoms with Crippen molar-refractivity contribution in [2.45, 2.75) is 51.6 Å². The molecular formula is C14H28N2O. The van der Waals surface area contributed by atoms with Crippen molar-refractivity contribution in [2.24, 2.45) is 0 Å². The van der Waals surface area contributed by atoms with Crippen LogP contribution in [0.4, 0.5) is 0 Å². The van der Waals surface area contributed by atoms with Gasteiger partial charge in [-0.3, -0.25) is 9.80 Å². The maximum Gasteiger partial charge on any atom is 0.0478 e. The van der Waals surface area contributed by atoms with E-state index in [9.17, 15) is 0 Å². The summed E-state index contributed by atoms with van der Waals surface area (Å²) in [7, 11) is 0. The average Bonchev–Trinajstić information content (AvgIpc) is 2.80. The Morgan fingerprint density at radius 1 is 1.24 bits per heavy atom. The van der Waals surface area contributed by atoms with E-state index in [4.69, 9.17) is 4.74 Å². The Morgan fingerprint density at radius 2 is 2.12 bits per heavy atom. The van der Waals surface area contributed by atoms with Crippen LogP contribution in [0.15, 0.2) is 0 Å². The Bertz CT molecular complexity index is 222. The number of piperazine rings is 1. The number of hydrogen-bond donors (Lipinski definition) is 0. The lowest BCUT2D eigenvalue weighted by atomic mass is 10.0. The summed E-state index contributed by atoms with van der Waals surface area (Å²) >= 11 is 0. The molecule has 2 rings (SSSR count). The van der Waals surface area contributed by atoms with Crippen molar-refractivity contribution in [2.75, 3.05) is 39.4 Å². The van der Waals surface area contributed by atoms with Gasteiger partial charge in [0.2, 0.25) is 0 Å². The molecule has 17 heavy (non-hydrogen) atoms. The van der Waals surface area contributed by atoms with Gasteiger partial charge in [-0.2, -0.15) is 0 Å². The third-order valence-electron chi connectivity index (χ3n) is 4.32. The molecule has 0 aromatic rings. The van der Waals surface area contributed by atoms with E-state index in [2.05, 4.69) is 23.6 Å². The lowest BCUT2D eigenvalue weighted by molar-refractivity contribution is 0.0404. The monoisotopic (exact) mass is 240 g/mol. The van der Waals surface area contributed by atoms with Crippen LogP contribution in [0.25, 0.3) is 0 Å². The van der Waals surface area contributed by atoms with Crippen LogP contribution in [0.2, 0.25) is 0 Å². The van der Waals surface area contributed by atoms with E-state index in [1.54, 1.807) is 0 Å². The molecule has 100 valence electrons. The molecule has 0 aromatic carbocycles. The first-order chi connectivity index (χ1) is 8.35. The minimum absolute atomic E-state index is 0.783. The number of hydrogen-bond acceptors (Lipinski definition) is 3. The smallest absolute Gasteiger partial charge is 0.0478 e. The summed E-state index contributed by atoms with van der Waals surface area (Å²) in [5.74, 6) is 0. The van der Waals surface area contributed by atoms with E-state index < -0.39 is 0 Å². The van der Waals surface area contributed by atoms with Crippen molar-refractivity contribution in [3.05, 3.63) is 0 Å². The van der Waals surface area contributed by atoms with Crippen LogP contribution < -0.4 is 0 Å². The fraction of sp³-hybridized carbons (Fsp3) is 1.00. The largest absolute Gasteiger partial charge is 0.382 e. The standard InChI is InChI=1S/C14H28N2O/c1-3-13-11-16-8-5-7-14(16)12-15(13)9-6-10-17-4-2/h13-14H,3-12H2,1-2H3. The molecule has 0 bridgehead atoms. The van der Waals surface area contributed by atoms with Gasteiger partial charge in [0, 0.05) is 44.9 Å². The lowest BCUT2D eigenvalue weighted by Crippen LogP contribution is -2.56. The van der Waals surface area contributed by atoms with Crippen LogP contribution in [0.5, 0.6) is 0 Å². The van der Waals surface area contributed by atoms with Crippen LogP contribution in [0, 0.1) is 0 Å². The van der Waals surface area contributed by atoms with Crippen molar-refractivity contribution in [3.63, 3.8) is 0 Å². The van der Waals surface area contributed by atoms with Crippen LogP contribution >= 0.6 is 0 Å². The molecule has 0 amide bonds. The van der Waals surface area contributed by atoms with Crippen LogP contribution in [-0.2, 0) is 4.74 Å². The van der Waals surface area contributed by atoms with Gasteiger partial charge in [0.1, 0.15) is 0 Å². The molecule has 3 heteroatoms. The summed E-state index contributed by atoms with van der Waals surface area (Å²) in [5, 5.41) is 0. The van der Waals surface area contributed by atoms with E-state index in [0.717, 1.165) is 25.3 Å². The Kier molecular flexibility index (Phi) is 5.26. The molecule has 0 spiro atoms. The third kappa shape index (κ3) is 3.43. The fourth-order valence-electron chi connectivity index (χ4n) is 3.32. The van der Waals surface area contributed by atoms with Gasteiger partial charge in [0.05, 0.1) is 0 Å². The van der Waals surface area contributed by atoms with Gasteiger partial charge >= 0.3 is 0 Å². The highest BCUT2D eigenvalue weighted by Gasteiger charge is 2.34. The molecule has 2 aliphatic rings. The zero-order chi connectivity index (χ0) is 12.1. The summed E-state index contributed by atoms with van der Waals surface area (Å²) in [6.07, 6.45) is 5.31. The zero-order valence-electron chi connectivity index (χ0n) is 11.5. The summed E-state index contributed by atoms with van der Waals surface area (Å²) in [6, 6.07) is 1.64. The molecule has 2 atom stereocenters. The molecule has 0 radical (unpaired) electrons. The van der Waals surface area contributed by atoms with Crippen molar-refractivity contribution in [3.8, 4) is 0 Å². The minimum Gasteiger partial charge on any atom is -0.382 e. The van der Waals surface area contributed by atoms with Gasteiger partial charge in [-0.1, -0.05) is 6.92 Å². The molecule has 3 nitrogen and oxygen atoms in total. The fourth-order valence-corrected chi connectivity index (χ4v) is 3.32. The summed E-state index contributed by atoms with van der Waals surface area (Å²) in [5.41, 5.74) is 0. The Balaban J connectivity index is 1.77. The predicted octanol–water partition coefficient (Wildman–Crippen LogP) is 1.97. The molecule has 2 aliphatic heterocycles. The molecule has 0 aromatic heterocycles. The van der Waals surface area contributed by atoms with E-state index in [0.29, 0.717) is 0 Å². The van der Waals surface area contributed by atoms with Crippen molar-refractivity contribution < 1.29 is 4.74 Å². The van der Waals surface area contributed by atoms with Gasteiger partial charge in [0.15, 0.2) is 0 Å². The zero-order valence-corrected chi connectivity index (χ0v) is 11.5. The van der Waals surface area contributed by atoms with E-state index in [1.807, 2.05) is 0 Å². The SMILES string of the molecule is CCOCCCN1CC2CCCN2CC1CC. The molecule has 0 saturated carbocycles. The Morgan fingerprint density at radius 3 is 2.88 bits per heavy atom. The van der Waals surface area contributed by atoms with Gasteiger partial charge in [-0.15, -0.1) is 0 Å². The average molecular weight is 240 g/mol. The van der Waals surface area contributed by atoms with E-state index in [1.165, 1.54) is 51.9 Å². The highest BCUT2D eigenvalue weighted by atomic mass is 16.5. The Labute approximate surface area is 106 Å². The number of nitrogens with zero attached hydrogens (tertiary/aromatic N) is 2.